The highest BCUT2D eigenvalue weighted by molar-refractivity contribution is 7.15. The van der Waals surface area contributed by atoms with E-state index in [1.54, 1.807) is 6.07 Å². The minimum atomic E-state index is -4.39. The molecule has 1 heterocycles. The van der Waals surface area contributed by atoms with Crippen molar-refractivity contribution in [1.82, 2.24) is 4.98 Å². The maximum atomic E-state index is 12.8. The summed E-state index contributed by atoms with van der Waals surface area (Å²) in [5.41, 5.74) is -0.603. The number of halogens is 3. The van der Waals surface area contributed by atoms with Gasteiger partial charge in [-0.15, -0.1) is 11.3 Å². The molecule has 0 radical (unpaired) electrons. The molecule has 1 N–H and O–H groups in total. The maximum Gasteiger partial charge on any atom is 0.417 e. The lowest BCUT2D eigenvalue weighted by Gasteiger charge is -2.10. The van der Waals surface area contributed by atoms with Gasteiger partial charge in [0, 0.05) is 29.7 Å². The molecular weight excluding hydrogens is 263 g/mol. The van der Waals surface area contributed by atoms with Crippen molar-refractivity contribution < 1.29 is 18.3 Å². The van der Waals surface area contributed by atoms with Crippen molar-refractivity contribution in [3.8, 4) is 10.6 Å². The molecule has 1 aromatic carbocycles. The van der Waals surface area contributed by atoms with E-state index in [4.69, 9.17) is 5.11 Å². The Balaban J connectivity index is 2.43. The third-order valence-corrected chi connectivity index (χ3v) is 3.47. The molecule has 0 aliphatic rings. The molecule has 0 saturated heterocycles. The van der Waals surface area contributed by atoms with Gasteiger partial charge in [-0.25, -0.2) is 4.98 Å². The molecule has 0 aliphatic heterocycles. The predicted octanol–water partition coefficient (Wildman–Crippen LogP) is 3.36. The zero-order valence-corrected chi connectivity index (χ0v) is 10.1. The second kappa shape index (κ2) is 5.07. The fourth-order valence-electron chi connectivity index (χ4n) is 1.57. The monoisotopic (exact) mass is 273 g/mol. The summed E-state index contributed by atoms with van der Waals surface area (Å²) < 4.78 is 38.5. The molecule has 96 valence electrons. The Morgan fingerprint density at radius 2 is 1.94 bits per heavy atom. The number of rotatable bonds is 3. The molecule has 18 heavy (non-hydrogen) atoms. The standard InChI is InChI=1S/C12H10F3NOS/c13-12(14,15)10-4-2-1-3-9(10)11-16-7-8(18-11)5-6-17/h1-4,7,17H,5-6H2. The largest absolute Gasteiger partial charge is 0.417 e. The van der Waals surface area contributed by atoms with Crippen molar-refractivity contribution in [2.45, 2.75) is 12.6 Å². The van der Waals surface area contributed by atoms with E-state index >= 15 is 0 Å². The predicted molar refractivity (Wildman–Crippen MR) is 63.3 cm³/mol. The highest BCUT2D eigenvalue weighted by Crippen LogP contribution is 2.38. The Bertz CT molecular complexity index is 536. The summed E-state index contributed by atoms with van der Waals surface area (Å²) in [5.74, 6) is 0. The van der Waals surface area contributed by atoms with E-state index in [1.165, 1.54) is 29.7 Å². The van der Waals surface area contributed by atoms with Crippen LogP contribution >= 0.6 is 11.3 Å². The third kappa shape index (κ3) is 2.70. The van der Waals surface area contributed by atoms with Gasteiger partial charge < -0.3 is 5.11 Å². The van der Waals surface area contributed by atoms with Crippen molar-refractivity contribution in [2.75, 3.05) is 6.61 Å². The Morgan fingerprint density at radius 3 is 2.61 bits per heavy atom. The topological polar surface area (TPSA) is 33.1 Å². The zero-order chi connectivity index (χ0) is 13.2. The van der Waals surface area contributed by atoms with Crippen LogP contribution in [0.25, 0.3) is 10.6 Å². The second-order valence-electron chi connectivity index (χ2n) is 3.65. The van der Waals surface area contributed by atoms with Gasteiger partial charge in [-0.05, 0) is 6.07 Å². The van der Waals surface area contributed by atoms with Crippen LogP contribution in [0.5, 0.6) is 0 Å². The van der Waals surface area contributed by atoms with Gasteiger partial charge in [0.05, 0.1) is 5.56 Å². The summed E-state index contributed by atoms with van der Waals surface area (Å²) in [5, 5.41) is 9.11. The molecule has 0 saturated carbocycles. The number of alkyl halides is 3. The van der Waals surface area contributed by atoms with Crippen LogP contribution < -0.4 is 0 Å². The number of hydrogen-bond donors (Lipinski definition) is 1. The van der Waals surface area contributed by atoms with E-state index in [9.17, 15) is 13.2 Å². The van der Waals surface area contributed by atoms with Gasteiger partial charge in [0.25, 0.3) is 0 Å². The van der Waals surface area contributed by atoms with Gasteiger partial charge in [-0.1, -0.05) is 18.2 Å². The normalized spacial score (nSPS) is 11.8. The number of nitrogens with zero attached hydrogens (tertiary/aromatic N) is 1. The van der Waals surface area contributed by atoms with E-state index in [-0.39, 0.29) is 12.2 Å². The van der Waals surface area contributed by atoms with Gasteiger partial charge in [0.15, 0.2) is 0 Å². The molecular formula is C12H10F3NOS. The minimum Gasteiger partial charge on any atom is -0.396 e. The minimum absolute atomic E-state index is 0.0391. The van der Waals surface area contributed by atoms with Crippen LogP contribution in [0.3, 0.4) is 0 Å². The van der Waals surface area contributed by atoms with E-state index in [0.717, 1.165) is 10.9 Å². The highest BCUT2D eigenvalue weighted by Gasteiger charge is 2.33. The fourth-order valence-corrected chi connectivity index (χ4v) is 2.52. The van der Waals surface area contributed by atoms with Crippen LogP contribution in [0.4, 0.5) is 13.2 Å². The van der Waals surface area contributed by atoms with Crippen molar-refractivity contribution in [3.05, 3.63) is 40.9 Å². The van der Waals surface area contributed by atoms with Crippen molar-refractivity contribution >= 4 is 11.3 Å². The summed E-state index contributed by atoms with van der Waals surface area (Å²) in [6.45, 7) is -0.0391. The fraction of sp³-hybridized carbons (Fsp3) is 0.250. The second-order valence-corrected chi connectivity index (χ2v) is 4.76. The van der Waals surface area contributed by atoms with E-state index in [1.807, 2.05) is 0 Å². The Kier molecular flexibility index (Phi) is 3.68. The number of thiazole rings is 1. The summed E-state index contributed by atoms with van der Waals surface area (Å²) in [6.07, 6.45) is -2.48. The van der Waals surface area contributed by atoms with Gasteiger partial charge in [0.1, 0.15) is 5.01 Å². The lowest BCUT2D eigenvalue weighted by Crippen LogP contribution is -2.06. The van der Waals surface area contributed by atoms with Gasteiger partial charge in [-0.3, -0.25) is 0 Å². The first-order chi connectivity index (χ1) is 8.52. The van der Waals surface area contributed by atoms with Crippen LogP contribution in [0, 0.1) is 0 Å². The van der Waals surface area contributed by atoms with Gasteiger partial charge >= 0.3 is 6.18 Å². The number of hydrogen-bond acceptors (Lipinski definition) is 3. The van der Waals surface area contributed by atoms with Crippen LogP contribution in [-0.2, 0) is 12.6 Å². The van der Waals surface area contributed by atoms with Crippen molar-refractivity contribution in [1.29, 1.82) is 0 Å². The van der Waals surface area contributed by atoms with Gasteiger partial charge in [0.2, 0.25) is 0 Å². The Labute approximate surface area is 106 Å². The van der Waals surface area contributed by atoms with E-state index in [0.29, 0.717) is 11.4 Å². The first-order valence-electron chi connectivity index (χ1n) is 5.24. The molecule has 2 aromatic rings. The van der Waals surface area contributed by atoms with Crippen LogP contribution in [0.1, 0.15) is 10.4 Å². The molecule has 0 amide bonds. The van der Waals surface area contributed by atoms with Gasteiger partial charge in [-0.2, -0.15) is 13.2 Å². The highest BCUT2D eigenvalue weighted by atomic mass is 32.1. The molecule has 0 fully saturated rings. The molecule has 0 unspecified atom stereocenters. The Hall–Kier alpha value is -1.40. The smallest absolute Gasteiger partial charge is 0.396 e. The molecule has 0 aliphatic carbocycles. The van der Waals surface area contributed by atoms with Crippen LogP contribution in [0.2, 0.25) is 0 Å². The maximum absolute atomic E-state index is 12.8. The third-order valence-electron chi connectivity index (χ3n) is 2.37. The first-order valence-corrected chi connectivity index (χ1v) is 6.06. The average molecular weight is 273 g/mol. The number of benzene rings is 1. The quantitative estimate of drug-likeness (QED) is 0.930. The molecule has 0 atom stereocenters. The number of aromatic nitrogens is 1. The summed E-state index contributed by atoms with van der Waals surface area (Å²) in [7, 11) is 0. The van der Waals surface area contributed by atoms with Crippen LogP contribution in [-0.4, -0.2) is 16.7 Å². The molecule has 2 rings (SSSR count). The first kappa shape index (κ1) is 13.0. The van der Waals surface area contributed by atoms with E-state index < -0.39 is 11.7 Å². The summed E-state index contributed by atoms with van der Waals surface area (Å²) in [4.78, 5) is 4.75. The summed E-state index contributed by atoms with van der Waals surface area (Å²) in [6, 6.07) is 5.36. The van der Waals surface area contributed by atoms with E-state index in [2.05, 4.69) is 4.98 Å². The molecule has 6 heteroatoms. The summed E-state index contributed by atoms with van der Waals surface area (Å²) >= 11 is 1.17. The van der Waals surface area contributed by atoms with Crippen molar-refractivity contribution in [3.63, 3.8) is 0 Å². The van der Waals surface area contributed by atoms with Crippen LogP contribution in [0.15, 0.2) is 30.5 Å². The molecule has 0 spiro atoms. The number of aliphatic hydroxyl groups excluding tert-OH is 1. The Morgan fingerprint density at radius 1 is 1.22 bits per heavy atom. The zero-order valence-electron chi connectivity index (χ0n) is 9.24. The molecule has 0 bridgehead atoms. The lowest BCUT2D eigenvalue weighted by atomic mass is 10.1. The SMILES string of the molecule is OCCc1cnc(-c2ccccc2C(F)(F)F)s1. The van der Waals surface area contributed by atoms with Crippen molar-refractivity contribution in [2.24, 2.45) is 0 Å². The average Bonchev–Trinajstić information content (AvgIpc) is 2.77. The number of aliphatic hydroxyl groups is 1. The molecule has 1 aromatic heterocycles. The lowest BCUT2D eigenvalue weighted by molar-refractivity contribution is -0.137. The molecule has 2 nitrogen and oxygen atoms in total.